The zero-order valence-corrected chi connectivity index (χ0v) is 16.7. The first-order chi connectivity index (χ1) is 14.0. The molecular weight excluding hydrogens is 372 g/mol. The number of anilines is 2. The van der Waals surface area contributed by atoms with Crippen LogP contribution in [0, 0.1) is 0 Å². The van der Waals surface area contributed by atoms with E-state index < -0.39 is 18.5 Å². The lowest BCUT2D eigenvalue weighted by atomic mass is 10.1. The molecule has 0 spiro atoms. The summed E-state index contributed by atoms with van der Waals surface area (Å²) in [6.07, 6.45) is 0.661. The van der Waals surface area contributed by atoms with E-state index >= 15 is 0 Å². The number of esters is 1. The third-order valence-electron chi connectivity index (χ3n) is 4.05. The van der Waals surface area contributed by atoms with E-state index in [1.54, 1.807) is 24.3 Å². The first-order valence-corrected chi connectivity index (χ1v) is 9.58. The van der Waals surface area contributed by atoms with Crippen molar-refractivity contribution in [1.82, 2.24) is 0 Å². The number of benzene rings is 2. The van der Waals surface area contributed by atoms with Crippen LogP contribution in [0.2, 0.25) is 0 Å². The number of para-hydroxylation sites is 3. The first kappa shape index (κ1) is 21.9. The minimum atomic E-state index is -0.614. The van der Waals surface area contributed by atoms with Crippen LogP contribution in [0.5, 0.6) is 5.75 Å². The quantitative estimate of drug-likeness (QED) is 0.597. The van der Waals surface area contributed by atoms with Crippen LogP contribution in [0.15, 0.2) is 48.5 Å². The lowest BCUT2D eigenvalue weighted by Gasteiger charge is -2.11. The molecule has 0 heterocycles. The van der Waals surface area contributed by atoms with Gasteiger partial charge in [0.25, 0.3) is 5.91 Å². The number of hydrogen-bond acceptors (Lipinski definition) is 5. The predicted octanol–water partition coefficient (Wildman–Crippen LogP) is 3.55. The summed E-state index contributed by atoms with van der Waals surface area (Å²) in [7, 11) is 0. The Bertz CT molecular complexity index is 851. The Morgan fingerprint density at radius 2 is 1.48 bits per heavy atom. The fourth-order valence-electron chi connectivity index (χ4n) is 2.63. The molecule has 0 aromatic heterocycles. The normalized spacial score (nSPS) is 10.1. The summed E-state index contributed by atoms with van der Waals surface area (Å²) in [5, 5.41) is 5.43. The molecule has 29 heavy (non-hydrogen) atoms. The maximum Gasteiger partial charge on any atom is 0.306 e. The second-order valence-corrected chi connectivity index (χ2v) is 6.20. The van der Waals surface area contributed by atoms with Gasteiger partial charge in [0.2, 0.25) is 5.91 Å². The van der Waals surface area contributed by atoms with Crippen LogP contribution in [0.1, 0.15) is 32.3 Å². The lowest BCUT2D eigenvalue weighted by Crippen LogP contribution is -2.22. The molecule has 154 valence electrons. The van der Waals surface area contributed by atoms with E-state index in [-0.39, 0.29) is 18.7 Å². The average molecular weight is 398 g/mol. The van der Waals surface area contributed by atoms with E-state index in [0.717, 1.165) is 17.7 Å². The van der Waals surface area contributed by atoms with Crippen LogP contribution >= 0.6 is 0 Å². The lowest BCUT2D eigenvalue weighted by molar-refractivity contribution is -0.147. The van der Waals surface area contributed by atoms with Crippen molar-refractivity contribution in [3.8, 4) is 5.75 Å². The highest BCUT2D eigenvalue weighted by Crippen LogP contribution is 2.23. The number of hydrogen-bond donors (Lipinski definition) is 2. The van der Waals surface area contributed by atoms with Gasteiger partial charge in [-0.1, -0.05) is 37.3 Å². The molecule has 0 bridgehead atoms. The van der Waals surface area contributed by atoms with Gasteiger partial charge in [0.15, 0.2) is 6.61 Å². The SMILES string of the molecule is CCOc1ccccc1NC(=O)COC(=O)CCC(=O)Nc1ccccc1CC. The molecule has 0 aliphatic rings. The van der Waals surface area contributed by atoms with Crippen molar-refractivity contribution in [2.45, 2.75) is 33.1 Å². The van der Waals surface area contributed by atoms with Crippen LogP contribution in [-0.2, 0) is 25.5 Å². The molecule has 2 rings (SSSR count). The Kier molecular flexibility index (Phi) is 8.69. The highest BCUT2D eigenvalue weighted by atomic mass is 16.5. The minimum absolute atomic E-state index is 0.0221. The number of amides is 2. The highest BCUT2D eigenvalue weighted by molar-refractivity contribution is 5.95. The molecule has 2 amide bonds. The van der Waals surface area contributed by atoms with Gasteiger partial charge in [0, 0.05) is 12.1 Å². The Hall–Kier alpha value is -3.35. The van der Waals surface area contributed by atoms with Gasteiger partial charge in [-0.15, -0.1) is 0 Å². The van der Waals surface area contributed by atoms with Crippen molar-refractivity contribution >= 4 is 29.2 Å². The Morgan fingerprint density at radius 1 is 0.828 bits per heavy atom. The van der Waals surface area contributed by atoms with Gasteiger partial charge >= 0.3 is 5.97 Å². The molecule has 0 saturated carbocycles. The number of carbonyl (C=O) groups excluding carboxylic acids is 3. The summed E-state index contributed by atoms with van der Waals surface area (Å²) in [4.78, 5) is 35.9. The molecule has 0 saturated heterocycles. The average Bonchev–Trinajstić information content (AvgIpc) is 2.73. The van der Waals surface area contributed by atoms with Gasteiger partial charge in [-0.3, -0.25) is 14.4 Å². The smallest absolute Gasteiger partial charge is 0.306 e. The standard InChI is InChI=1S/C22H26N2O5/c1-3-16-9-5-6-10-17(16)23-20(25)13-14-22(27)29-15-21(26)24-18-11-7-8-12-19(18)28-4-2/h5-12H,3-4,13-15H2,1-2H3,(H,23,25)(H,24,26). The topological polar surface area (TPSA) is 93.7 Å². The highest BCUT2D eigenvalue weighted by Gasteiger charge is 2.13. The van der Waals surface area contributed by atoms with Crippen LogP contribution in [-0.4, -0.2) is 31.0 Å². The number of ether oxygens (including phenoxy) is 2. The predicted molar refractivity (Wildman–Crippen MR) is 111 cm³/mol. The molecule has 0 radical (unpaired) electrons. The molecule has 7 heteroatoms. The molecule has 0 fully saturated rings. The van der Waals surface area contributed by atoms with Crippen molar-refractivity contribution in [2.75, 3.05) is 23.8 Å². The summed E-state index contributed by atoms with van der Waals surface area (Å²) in [6, 6.07) is 14.5. The van der Waals surface area contributed by atoms with E-state index in [1.807, 2.05) is 38.1 Å². The molecular formula is C22H26N2O5. The zero-order chi connectivity index (χ0) is 21.1. The molecule has 2 aromatic rings. The Balaban J connectivity index is 1.74. The first-order valence-electron chi connectivity index (χ1n) is 9.58. The summed E-state index contributed by atoms with van der Waals surface area (Å²) < 4.78 is 10.4. The van der Waals surface area contributed by atoms with Gasteiger partial charge in [0.05, 0.1) is 18.7 Å². The molecule has 2 N–H and O–H groups in total. The van der Waals surface area contributed by atoms with Crippen molar-refractivity contribution < 1.29 is 23.9 Å². The third kappa shape index (κ3) is 7.29. The third-order valence-corrected chi connectivity index (χ3v) is 4.05. The maximum atomic E-state index is 12.1. The summed E-state index contributed by atoms with van der Waals surface area (Å²) in [5.74, 6) is -0.833. The molecule has 0 atom stereocenters. The van der Waals surface area contributed by atoms with E-state index in [4.69, 9.17) is 9.47 Å². The Labute approximate surface area is 170 Å². The number of aryl methyl sites for hydroxylation is 1. The van der Waals surface area contributed by atoms with E-state index in [9.17, 15) is 14.4 Å². The van der Waals surface area contributed by atoms with Gasteiger partial charge in [0.1, 0.15) is 5.75 Å². The van der Waals surface area contributed by atoms with Gasteiger partial charge in [-0.2, -0.15) is 0 Å². The number of carbonyl (C=O) groups is 3. The fraction of sp³-hybridized carbons (Fsp3) is 0.318. The maximum absolute atomic E-state index is 12.1. The second kappa shape index (κ2) is 11.5. The van der Waals surface area contributed by atoms with Gasteiger partial charge in [-0.05, 0) is 37.1 Å². The van der Waals surface area contributed by atoms with Crippen molar-refractivity contribution in [1.29, 1.82) is 0 Å². The van der Waals surface area contributed by atoms with Crippen LogP contribution in [0.4, 0.5) is 11.4 Å². The molecule has 7 nitrogen and oxygen atoms in total. The van der Waals surface area contributed by atoms with Crippen molar-refractivity contribution in [3.05, 3.63) is 54.1 Å². The van der Waals surface area contributed by atoms with E-state index in [0.29, 0.717) is 18.0 Å². The van der Waals surface area contributed by atoms with Crippen LogP contribution in [0.25, 0.3) is 0 Å². The minimum Gasteiger partial charge on any atom is -0.492 e. The van der Waals surface area contributed by atoms with Crippen LogP contribution < -0.4 is 15.4 Å². The molecule has 0 aliphatic carbocycles. The molecule has 0 unspecified atom stereocenters. The molecule has 2 aromatic carbocycles. The van der Waals surface area contributed by atoms with Crippen molar-refractivity contribution in [2.24, 2.45) is 0 Å². The summed E-state index contributed by atoms with van der Waals surface area (Å²) in [5.41, 5.74) is 2.26. The van der Waals surface area contributed by atoms with E-state index in [2.05, 4.69) is 10.6 Å². The summed E-state index contributed by atoms with van der Waals surface area (Å²) in [6.45, 7) is 3.88. The van der Waals surface area contributed by atoms with Gasteiger partial charge in [-0.25, -0.2) is 0 Å². The van der Waals surface area contributed by atoms with Crippen molar-refractivity contribution in [3.63, 3.8) is 0 Å². The number of nitrogens with one attached hydrogen (secondary N) is 2. The fourth-order valence-corrected chi connectivity index (χ4v) is 2.63. The second-order valence-electron chi connectivity index (χ2n) is 6.20. The van der Waals surface area contributed by atoms with Gasteiger partial charge < -0.3 is 20.1 Å². The summed E-state index contributed by atoms with van der Waals surface area (Å²) >= 11 is 0. The van der Waals surface area contributed by atoms with Crippen LogP contribution in [0.3, 0.4) is 0 Å². The van der Waals surface area contributed by atoms with E-state index in [1.165, 1.54) is 0 Å². The monoisotopic (exact) mass is 398 g/mol. The Morgan fingerprint density at radius 3 is 2.21 bits per heavy atom. The largest absolute Gasteiger partial charge is 0.492 e. The zero-order valence-electron chi connectivity index (χ0n) is 16.7. The number of rotatable bonds is 10. The molecule has 0 aliphatic heterocycles.